The summed E-state index contributed by atoms with van der Waals surface area (Å²) in [6.07, 6.45) is 3.58. The van der Waals surface area contributed by atoms with Crippen LogP contribution in [0.15, 0.2) is 90.0 Å². The van der Waals surface area contributed by atoms with Gasteiger partial charge >= 0.3 is 10.2 Å². The summed E-state index contributed by atoms with van der Waals surface area (Å²) < 4.78 is 43.4. The van der Waals surface area contributed by atoms with Crippen LogP contribution in [-0.2, 0) is 15.0 Å². The molecule has 186 valence electrons. The maximum Gasteiger partial charge on any atom is 0.332 e. The van der Waals surface area contributed by atoms with Crippen molar-refractivity contribution in [2.45, 2.75) is 29.7 Å². The van der Waals surface area contributed by atoms with E-state index in [1.165, 1.54) is 29.8 Å². The number of hydrogen-bond donors (Lipinski definition) is 0. The minimum absolute atomic E-state index is 0.0781. The van der Waals surface area contributed by atoms with Gasteiger partial charge in [-0.25, -0.2) is 0 Å². The number of hydrogen-bond acceptors (Lipinski definition) is 4. The molecule has 0 aliphatic carbocycles. The van der Waals surface area contributed by atoms with Crippen molar-refractivity contribution in [3.8, 4) is 5.75 Å². The van der Waals surface area contributed by atoms with Gasteiger partial charge in [-0.05, 0) is 66.3 Å². The lowest BCUT2D eigenvalue weighted by Gasteiger charge is -2.35. The first-order chi connectivity index (χ1) is 17.3. The van der Waals surface area contributed by atoms with Crippen LogP contribution in [0.3, 0.4) is 0 Å². The Morgan fingerprint density at radius 1 is 0.972 bits per heavy atom. The van der Waals surface area contributed by atoms with E-state index in [1.807, 2.05) is 58.1 Å². The summed E-state index contributed by atoms with van der Waals surface area (Å²) in [5, 5.41) is 0.915. The standard InChI is InChI=1S/C28H27FN2O4S/c1-35-24-9-12-26-23(19-24)15-18-31(26)27(22-7-10-25(11-8-22)36(29,33)34)28(32)30-16-13-21(14-17-30)20-5-3-2-4-6-20/h2-12,15,18-19,21,27H,13-14,16-17H2,1H3. The highest BCUT2D eigenvalue weighted by molar-refractivity contribution is 7.86. The average molecular weight is 507 g/mol. The van der Waals surface area contributed by atoms with Crippen LogP contribution >= 0.6 is 0 Å². The molecule has 4 aromatic rings. The molecule has 0 saturated carbocycles. The molecule has 36 heavy (non-hydrogen) atoms. The number of ether oxygens (including phenoxy) is 1. The van der Waals surface area contributed by atoms with Gasteiger partial charge in [-0.1, -0.05) is 42.5 Å². The molecule has 0 bridgehead atoms. The fraction of sp³-hybridized carbons (Fsp3) is 0.250. The maximum atomic E-state index is 14.0. The Balaban J connectivity index is 1.48. The van der Waals surface area contributed by atoms with Crippen molar-refractivity contribution in [3.05, 3.63) is 96.2 Å². The van der Waals surface area contributed by atoms with E-state index in [2.05, 4.69) is 12.1 Å². The molecule has 6 nitrogen and oxygen atoms in total. The Labute approximate surface area is 210 Å². The molecular weight excluding hydrogens is 479 g/mol. The molecule has 1 saturated heterocycles. The highest BCUT2D eigenvalue weighted by Crippen LogP contribution is 2.33. The zero-order valence-corrected chi connectivity index (χ0v) is 20.7. The van der Waals surface area contributed by atoms with Crippen LogP contribution < -0.4 is 4.74 Å². The van der Waals surface area contributed by atoms with Gasteiger partial charge in [0.1, 0.15) is 11.8 Å². The number of fused-ring (bicyclic) bond motifs is 1. The van der Waals surface area contributed by atoms with Gasteiger partial charge in [-0.3, -0.25) is 4.79 Å². The van der Waals surface area contributed by atoms with Crippen LogP contribution in [0.5, 0.6) is 5.75 Å². The number of piperidine rings is 1. The van der Waals surface area contributed by atoms with Crippen molar-refractivity contribution in [2.24, 2.45) is 0 Å². The van der Waals surface area contributed by atoms with Crippen molar-refractivity contribution in [1.82, 2.24) is 9.47 Å². The summed E-state index contributed by atoms with van der Waals surface area (Å²) in [7, 11) is -3.23. The fourth-order valence-electron chi connectivity index (χ4n) is 5.06. The maximum absolute atomic E-state index is 14.0. The third kappa shape index (κ3) is 4.73. The van der Waals surface area contributed by atoms with Gasteiger partial charge in [0.05, 0.1) is 12.0 Å². The molecule has 1 unspecified atom stereocenters. The van der Waals surface area contributed by atoms with Gasteiger partial charge in [-0.2, -0.15) is 8.42 Å². The summed E-state index contributed by atoms with van der Waals surface area (Å²) in [4.78, 5) is 15.4. The summed E-state index contributed by atoms with van der Waals surface area (Å²) in [6.45, 7) is 1.25. The third-order valence-corrected chi connectivity index (χ3v) is 7.83. The Hall–Kier alpha value is -3.65. The second-order valence-corrected chi connectivity index (χ2v) is 10.4. The molecule has 5 rings (SSSR count). The van der Waals surface area contributed by atoms with Crippen molar-refractivity contribution >= 4 is 27.0 Å². The second kappa shape index (κ2) is 9.78. The molecule has 1 aliphatic rings. The largest absolute Gasteiger partial charge is 0.497 e. The zero-order valence-electron chi connectivity index (χ0n) is 19.9. The van der Waals surface area contributed by atoms with Crippen LogP contribution in [0.2, 0.25) is 0 Å². The van der Waals surface area contributed by atoms with Crippen LogP contribution in [0, 0.1) is 0 Å². The monoisotopic (exact) mass is 506 g/mol. The van der Waals surface area contributed by atoms with Gasteiger partial charge in [-0.15, -0.1) is 3.89 Å². The van der Waals surface area contributed by atoms with Crippen molar-refractivity contribution in [1.29, 1.82) is 0 Å². The summed E-state index contributed by atoms with van der Waals surface area (Å²) in [5.41, 5.74) is 2.72. The topological polar surface area (TPSA) is 68.6 Å². The molecule has 0 radical (unpaired) electrons. The molecule has 2 heterocycles. The Bertz CT molecular complexity index is 1480. The molecule has 1 fully saturated rings. The van der Waals surface area contributed by atoms with Crippen LogP contribution in [0.4, 0.5) is 3.89 Å². The lowest BCUT2D eigenvalue weighted by molar-refractivity contribution is -0.134. The van der Waals surface area contributed by atoms with E-state index in [9.17, 15) is 17.1 Å². The molecule has 1 aliphatic heterocycles. The van der Waals surface area contributed by atoms with Crippen molar-refractivity contribution < 1.29 is 21.8 Å². The predicted molar refractivity (Wildman–Crippen MR) is 136 cm³/mol. The lowest BCUT2D eigenvalue weighted by Crippen LogP contribution is -2.42. The SMILES string of the molecule is COc1ccc2c(ccn2C(C(=O)N2CCC(c3ccccc3)CC2)c2ccc(S(=O)(=O)F)cc2)c1. The van der Waals surface area contributed by atoms with E-state index in [1.54, 1.807) is 7.11 Å². The Morgan fingerprint density at radius 3 is 2.31 bits per heavy atom. The molecule has 8 heteroatoms. The second-order valence-electron chi connectivity index (χ2n) is 9.07. The van der Waals surface area contributed by atoms with Gasteiger partial charge in [0.2, 0.25) is 5.91 Å². The smallest absolute Gasteiger partial charge is 0.332 e. The van der Waals surface area contributed by atoms with E-state index in [0.29, 0.717) is 30.3 Å². The third-order valence-electron chi connectivity index (χ3n) is 6.99. The fourth-order valence-corrected chi connectivity index (χ4v) is 5.52. The summed E-state index contributed by atoms with van der Waals surface area (Å²) in [6, 6.07) is 22.6. The first-order valence-corrected chi connectivity index (χ1v) is 13.3. The Kier molecular flexibility index (Phi) is 6.53. The van der Waals surface area contributed by atoms with Crippen molar-refractivity contribution in [3.63, 3.8) is 0 Å². The average Bonchev–Trinajstić information content (AvgIpc) is 3.32. The molecule has 3 aromatic carbocycles. The number of benzene rings is 3. The Morgan fingerprint density at radius 2 is 1.67 bits per heavy atom. The molecule has 1 atom stereocenters. The van der Waals surface area contributed by atoms with E-state index >= 15 is 0 Å². The number of methoxy groups -OCH3 is 1. The summed E-state index contributed by atoms with van der Waals surface area (Å²) in [5.74, 6) is 1.04. The van der Waals surface area contributed by atoms with Gasteiger partial charge in [0.25, 0.3) is 0 Å². The van der Waals surface area contributed by atoms with Gasteiger partial charge in [0, 0.05) is 30.2 Å². The molecule has 1 aromatic heterocycles. The van der Waals surface area contributed by atoms with E-state index < -0.39 is 21.2 Å². The first kappa shape index (κ1) is 24.1. The van der Waals surface area contributed by atoms with Crippen LogP contribution in [-0.4, -0.2) is 44.0 Å². The highest BCUT2D eigenvalue weighted by atomic mass is 32.3. The molecule has 0 N–H and O–H groups in total. The quantitative estimate of drug-likeness (QED) is 0.333. The first-order valence-electron chi connectivity index (χ1n) is 11.9. The minimum Gasteiger partial charge on any atom is -0.497 e. The van der Waals surface area contributed by atoms with Gasteiger partial charge in [0.15, 0.2) is 0 Å². The predicted octanol–water partition coefficient (Wildman–Crippen LogP) is 5.30. The normalized spacial score (nSPS) is 15.7. The molecule has 1 amide bonds. The zero-order chi connectivity index (χ0) is 25.3. The number of amides is 1. The number of carbonyl (C=O) groups excluding carboxylic acids is 1. The van der Waals surface area contributed by atoms with E-state index in [-0.39, 0.29) is 5.91 Å². The summed E-state index contributed by atoms with van der Waals surface area (Å²) >= 11 is 0. The number of rotatable bonds is 6. The van der Waals surface area contributed by atoms with Gasteiger partial charge < -0.3 is 14.2 Å². The number of nitrogens with zero attached hydrogens (tertiary/aromatic N) is 2. The van der Waals surface area contributed by atoms with E-state index in [0.717, 1.165) is 23.7 Å². The minimum atomic E-state index is -4.83. The number of halogens is 1. The molecule has 0 spiro atoms. The van der Waals surface area contributed by atoms with Crippen LogP contribution in [0.1, 0.15) is 35.9 Å². The number of likely N-dealkylation sites (tertiary alicyclic amines) is 1. The highest BCUT2D eigenvalue weighted by Gasteiger charge is 2.32. The number of carbonyl (C=O) groups is 1. The van der Waals surface area contributed by atoms with Crippen LogP contribution in [0.25, 0.3) is 10.9 Å². The lowest BCUT2D eigenvalue weighted by atomic mass is 9.89. The van der Waals surface area contributed by atoms with Crippen molar-refractivity contribution in [2.75, 3.05) is 20.2 Å². The molecular formula is C28H27FN2O4S. The number of aromatic nitrogens is 1. The van der Waals surface area contributed by atoms with E-state index in [4.69, 9.17) is 4.74 Å².